The average Bonchev–Trinajstić information content (AvgIpc) is 3.13. The molecule has 0 spiro atoms. The number of furan rings is 1. The number of carbonyl (C=O) groups is 1. The number of amides is 1. The second-order valence-corrected chi connectivity index (χ2v) is 5.96. The Hall–Kier alpha value is -3.28. The topological polar surface area (TPSA) is 73.1 Å². The molecule has 6 nitrogen and oxygen atoms in total. The molecule has 140 valence electrons. The number of benzene rings is 2. The Kier molecular flexibility index (Phi) is 6.10. The number of fused-ring (bicyclic) bond motifs is 1. The zero-order chi connectivity index (χ0) is 19.1. The van der Waals surface area contributed by atoms with Gasteiger partial charge in [0.05, 0.1) is 19.9 Å². The van der Waals surface area contributed by atoms with Gasteiger partial charge < -0.3 is 13.9 Å². The van der Waals surface area contributed by atoms with Crippen LogP contribution in [0, 0.1) is 0 Å². The van der Waals surface area contributed by atoms with Crippen molar-refractivity contribution >= 4 is 23.1 Å². The summed E-state index contributed by atoms with van der Waals surface area (Å²) in [6.45, 7) is 2.80. The summed E-state index contributed by atoms with van der Waals surface area (Å²) in [6, 6.07) is 14.7. The summed E-state index contributed by atoms with van der Waals surface area (Å²) in [6.07, 6.45) is 3.66. The van der Waals surface area contributed by atoms with Crippen LogP contribution in [-0.2, 0) is 0 Å². The van der Waals surface area contributed by atoms with Crippen molar-refractivity contribution in [1.82, 2.24) is 5.43 Å². The van der Waals surface area contributed by atoms with E-state index in [2.05, 4.69) is 17.5 Å². The largest absolute Gasteiger partial charge is 0.494 e. The number of carbonyl (C=O) groups excluding carboxylic acids is 1. The third kappa shape index (κ3) is 4.67. The first-order valence-corrected chi connectivity index (χ1v) is 8.84. The molecule has 0 saturated heterocycles. The minimum absolute atomic E-state index is 0.170. The molecule has 0 aliphatic rings. The molecule has 0 saturated carbocycles. The molecule has 0 aliphatic carbocycles. The molecule has 6 heteroatoms. The lowest BCUT2D eigenvalue weighted by molar-refractivity contribution is 0.0929. The fourth-order valence-electron chi connectivity index (χ4n) is 2.55. The van der Waals surface area contributed by atoms with Crippen LogP contribution in [0.25, 0.3) is 11.0 Å². The molecule has 27 heavy (non-hydrogen) atoms. The van der Waals surface area contributed by atoms with Crippen LogP contribution in [-0.4, -0.2) is 25.8 Å². The number of ether oxygens (including phenoxy) is 2. The lowest BCUT2D eigenvalue weighted by Gasteiger charge is -2.05. The molecule has 0 radical (unpaired) electrons. The molecule has 1 aromatic heterocycles. The molecule has 1 N–H and O–H groups in total. The van der Waals surface area contributed by atoms with Gasteiger partial charge in [0, 0.05) is 5.39 Å². The summed E-state index contributed by atoms with van der Waals surface area (Å²) >= 11 is 0. The Balaban J connectivity index is 1.64. The summed E-state index contributed by atoms with van der Waals surface area (Å²) in [5, 5.41) is 4.79. The van der Waals surface area contributed by atoms with Crippen molar-refractivity contribution in [3.8, 4) is 11.5 Å². The van der Waals surface area contributed by atoms with Gasteiger partial charge >= 0.3 is 5.91 Å². The molecule has 1 heterocycles. The van der Waals surface area contributed by atoms with Gasteiger partial charge in [-0.15, -0.1) is 0 Å². The zero-order valence-electron chi connectivity index (χ0n) is 15.4. The van der Waals surface area contributed by atoms with E-state index in [-0.39, 0.29) is 5.76 Å². The molecule has 0 atom stereocenters. The number of methoxy groups -OCH3 is 1. The molecule has 0 bridgehead atoms. The van der Waals surface area contributed by atoms with Crippen molar-refractivity contribution in [2.24, 2.45) is 5.10 Å². The molecular weight excluding hydrogens is 344 g/mol. The highest BCUT2D eigenvalue weighted by Crippen LogP contribution is 2.28. The minimum atomic E-state index is -0.431. The van der Waals surface area contributed by atoms with E-state index in [1.807, 2.05) is 36.4 Å². The maximum Gasteiger partial charge on any atom is 0.307 e. The lowest BCUT2D eigenvalue weighted by Crippen LogP contribution is -2.16. The number of hydrogen-bond acceptors (Lipinski definition) is 5. The van der Waals surface area contributed by atoms with Crippen LogP contribution in [0.15, 0.2) is 58.0 Å². The van der Waals surface area contributed by atoms with Gasteiger partial charge in [0.2, 0.25) is 0 Å². The van der Waals surface area contributed by atoms with E-state index in [0.29, 0.717) is 17.9 Å². The highest BCUT2D eigenvalue weighted by molar-refractivity contribution is 5.97. The highest BCUT2D eigenvalue weighted by Gasteiger charge is 2.14. The normalized spacial score (nSPS) is 11.0. The van der Waals surface area contributed by atoms with Gasteiger partial charge in [-0.25, -0.2) is 5.43 Å². The second-order valence-electron chi connectivity index (χ2n) is 5.96. The van der Waals surface area contributed by atoms with Crippen LogP contribution >= 0.6 is 0 Å². The molecule has 0 aliphatic heterocycles. The molecule has 2 aromatic carbocycles. The smallest absolute Gasteiger partial charge is 0.307 e. The fraction of sp³-hybridized carbons (Fsp3) is 0.238. The quantitative estimate of drug-likeness (QED) is 0.365. The predicted octanol–water partition coefficient (Wildman–Crippen LogP) is 4.38. The van der Waals surface area contributed by atoms with Gasteiger partial charge in [-0.3, -0.25) is 4.79 Å². The predicted molar refractivity (Wildman–Crippen MR) is 105 cm³/mol. The molecule has 0 unspecified atom stereocenters. The third-order valence-electron chi connectivity index (χ3n) is 3.96. The van der Waals surface area contributed by atoms with Gasteiger partial charge in [-0.05, 0) is 36.2 Å². The van der Waals surface area contributed by atoms with Gasteiger partial charge in [-0.1, -0.05) is 37.6 Å². The lowest BCUT2D eigenvalue weighted by atomic mass is 10.2. The van der Waals surface area contributed by atoms with E-state index in [1.54, 1.807) is 25.5 Å². The maximum absolute atomic E-state index is 12.3. The number of nitrogens with zero attached hydrogens (tertiary/aromatic N) is 1. The Labute approximate surface area is 157 Å². The first kappa shape index (κ1) is 18.5. The van der Waals surface area contributed by atoms with Gasteiger partial charge in [0.15, 0.2) is 17.1 Å². The Bertz CT molecular complexity index is 946. The number of unbranched alkanes of at least 4 members (excludes halogenated alkanes) is 1. The highest BCUT2D eigenvalue weighted by atomic mass is 16.5. The molecule has 0 fully saturated rings. The molecule has 1 amide bonds. The Morgan fingerprint density at radius 3 is 2.89 bits per heavy atom. The average molecular weight is 366 g/mol. The van der Waals surface area contributed by atoms with E-state index in [1.165, 1.54) is 0 Å². The van der Waals surface area contributed by atoms with E-state index in [9.17, 15) is 4.79 Å². The van der Waals surface area contributed by atoms with Crippen molar-refractivity contribution in [2.75, 3.05) is 13.7 Å². The number of hydrazone groups is 1. The first-order chi connectivity index (χ1) is 13.2. The van der Waals surface area contributed by atoms with Crippen molar-refractivity contribution in [3.63, 3.8) is 0 Å². The third-order valence-corrected chi connectivity index (χ3v) is 3.96. The SMILES string of the molecule is CCCCOc1cccc(/C=N\NC(=O)c2cc3cccc(OC)c3o2)c1. The van der Waals surface area contributed by atoms with Crippen LogP contribution in [0.1, 0.15) is 35.9 Å². The van der Waals surface area contributed by atoms with Crippen LogP contribution in [0.3, 0.4) is 0 Å². The van der Waals surface area contributed by atoms with Crippen molar-refractivity contribution in [1.29, 1.82) is 0 Å². The summed E-state index contributed by atoms with van der Waals surface area (Å²) in [5.41, 5.74) is 3.84. The monoisotopic (exact) mass is 366 g/mol. The zero-order valence-corrected chi connectivity index (χ0v) is 15.4. The van der Waals surface area contributed by atoms with Crippen molar-refractivity contribution in [3.05, 3.63) is 59.9 Å². The van der Waals surface area contributed by atoms with Crippen LogP contribution in [0.4, 0.5) is 0 Å². The summed E-state index contributed by atoms with van der Waals surface area (Å²) in [4.78, 5) is 12.3. The van der Waals surface area contributed by atoms with Gasteiger partial charge in [0.1, 0.15) is 5.75 Å². The summed E-state index contributed by atoms with van der Waals surface area (Å²) in [7, 11) is 1.56. The van der Waals surface area contributed by atoms with E-state index < -0.39 is 5.91 Å². The van der Waals surface area contributed by atoms with Crippen molar-refractivity contribution < 1.29 is 18.7 Å². The van der Waals surface area contributed by atoms with Gasteiger partial charge in [-0.2, -0.15) is 5.10 Å². The van der Waals surface area contributed by atoms with E-state index >= 15 is 0 Å². The second kappa shape index (κ2) is 8.89. The van der Waals surface area contributed by atoms with Crippen LogP contribution < -0.4 is 14.9 Å². The number of para-hydroxylation sites is 1. The molecule has 3 rings (SSSR count). The first-order valence-electron chi connectivity index (χ1n) is 8.84. The number of hydrogen-bond donors (Lipinski definition) is 1. The minimum Gasteiger partial charge on any atom is -0.494 e. The molecule has 3 aromatic rings. The summed E-state index contributed by atoms with van der Waals surface area (Å²) in [5.74, 6) is 1.10. The standard InChI is InChI=1S/C21H22N2O4/c1-3-4-11-26-17-9-5-7-15(12-17)14-22-23-21(24)19-13-16-8-6-10-18(25-2)20(16)27-19/h5-10,12-14H,3-4,11H2,1-2H3,(H,23,24)/b22-14-. The number of nitrogens with one attached hydrogen (secondary N) is 1. The van der Waals surface area contributed by atoms with Gasteiger partial charge in [0.25, 0.3) is 0 Å². The van der Waals surface area contributed by atoms with Crippen LogP contribution in [0.2, 0.25) is 0 Å². The maximum atomic E-state index is 12.3. The fourth-order valence-corrected chi connectivity index (χ4v) is 2.55. The Morgan fingerprint density at radius 2 is 2.07 bits per heavy atom. The van der Waals surface area contributed by atoms with Crippen molar-refractivity contribution in [2.45, 2.75) is 19.8 Å². The van der Waals surface area contributed by atoms with E-state index in [0.717, 1.165) is 29.5 Å². The summed E-state index contributed by atoms with van der Waals surface area (Å²) < 4.78 is 16.5. The van der Waals surface area contributed by atoms with Crippen LogP contribution in [0.5, 0.6) is 11.5 Å². The number of rotatable bonds is 8. The Morgan fingerprint density at radius 1 is 1.22 bits per heavy atom. The molecular formula is C21H22N2O4. The van der Waals surface area contributed by atoms with E-state index in [4.69, 9.17) is 13.9 Å².